The number of carbonyl (C=O) groups excluding carboxylic acids is 1. The number of sulfonamides is 1. The van der Waals surface area contributed by atoms with Crippen molar-refractivity contribution in [3.8, 4) is 5.75 Å². The van der Waals surface area contributed by atoms with Crippen molar-refractivity contribution in [1.82, 2.24) is 5.32 Å². The van der Waals surface area contributed by atoms with Crippen molar-refractivity contribution < 1.29 is 22.7 Å². The molecule has 0 bridgehead atoms. The van der Waals surface area contributed by atoms with E-state index in [4.69, 9.17) is 9.47 Å². The summed E-state index contributed by atoms with van der Waals surface area (Å²) in [6.07, 6.45) is 0.824. The third kappa shape index (κ3) is 6.24. The fraction of sp³-hybridized carbons (Fsp3) is 0.350. The number of amides is 1. The van der Waals surface area contributed by atoms with Gasteiger partial charge in [0, 0.05) is 18.7 Å². The average molecular weight is 407 g/mol. The van der Waals surface area contributed by atoms with Crippen LogP contribution in [0.5, 0.6) is 5.75 Å². The van der Waals surface area contributed by atoms with E-state index in [0.717, 1.165) is 0 Å². The van der Waals surface area contributed by atoms with Gasteiger partial charge >= 0.3 is 0 Å². The molecule has 2 N–H and O–H groups in total. The van der Waals surface area contributed by atoms with Crippen molar-refractivity contribution in [2.24, 2.45) is 0 Å². The first-order valence-corrected chi connectivity index (χ1v) is 10.5. The number of hydrogen-bond acceptors (Lipinski definition) is 5. The molecule has 0 aliphatic heterocycles. The molecular weight excluding hydrogens is 380 g/mol. The second kappa shape index (κ2) is 10.1. The second-order valence-corrected chi connectivity index (χ2v) is 8.05. The molecule has 0 aliphatic carbocycles. The third-order valence-electron chi connectivity index (χ3n) is 3.82. The lowest BCUT2D eigenvalue weighted by molar-refractivity contribution is 0.0757. The molecule has 2 aromatic rings. The van der Waals surface area contributed by atoms with Crippen LogP contribution in [0.4, 0.5) is 5.69 Å². The highest BCUT2D eigenvalue weighted by atomic mass is 32.2. The van der Waals surface area contributed by atoms with Crippen LogP contribution in [-0.4, -0.2) is 40.7 Å². The average Bonchev–Trinajstić information content (AvgIpc) is 2.67. The summed E-state index contributed by atoms with van der Waals surface area (Å²) < 4.78 is 38.5. The standard InChI is InChI=1S/C20H26N2O5S/c1-15(2)27-13-7-12-21-20(23)16-8-6-9-17(14-16)28(24,25)22-18-10-4-5-11-19(18)26-3/h4-6,8-11,14-15,22H,7,12-13H2,1-3H3,(H,21,23). The van der Waals surface area contributed by atoms with Gasteiger partial charge in [-0.15, -0.1) is 0 Å². The fourth-order valence-corrected chi connectivity index (χ4v) is 3.55. The van der Waals surface area contributed by atoms with E-state index in [1.165, 1.54) is 25.3 Å². The molecule has 0 spiro atoms. The first kappa shape index (κ1) is 21.7. The molecule has 0 heterocycles. The van der Waals surface area contributed by atoms with Gasteiger partial charge < -0.3 is 14.8 Å². The first-order chi connectivity index (χ1) is 13.3. The molecule has 0 fully saturated rings. The minimum atomic E-state index is -3.87. The normalized spacial score (nSPS) is 11.3. The number of methoxy groups -OCH3 is 1. The van der Waals surface area contributed by atoms with Gasteiger partial charge in [0.2, 0.25) is 0 Å². The third-order valence-corrected chi connectivity index (χ3v) is 5.18. The van der Waals surface area contributed by atoms with Gasteiger partial charge in [-0.25, -0.2) is 8.42 Å². The SMILES string of the molecule is COc1ccccc1NS(=O)(=O)c1cccc(C(=O)NCCCOC(C)C)c1. The predicted octanol–water partition coefficient (Wildman–Crippen LogP) is 3.04. The molecule has 2 aromatic carbocycles. The van der Waals surface area contributed by atoms with Crippen LogP contribution in [0.25, 0.3) is 0 Å². The van der Waals surface area contributed by atoms with Gasteiger partial charge in [-0.3, -0.25) is 9.52 Å². The number of benzene rings is 2. The van der Waals surface area contributed by atoms with E-state index in [1.54, 1.807) is 30.3 Å². The zero-order chi connectivity index (χ0) is 20.6. The molecule has 8 heteroatoms. The smallest absolute Gasteiger partial charge is 0.262 e. The molecule has 1 amide bonds. The number of nitrogens with one attached hydrogen (secondary N) is 2. The molecule has 0 saturated heterocycles. The summed E-state index contributed by atoms with van der Waals surface area (Å²) in [6.45, 7) is 4.89. The zero-order valence-corrected chi connectivity index (χ0v) is 17.1. The number of rotatable bonds is 10. The Morgan fingerprint density at radius 2 is 1.86 bits per heavy atom. The van der Waals surface area contributed by atoms with Crippen molar-refractivity contribution in [3.05, 3.63) is 54.1 Å². The topological polar surface area (TPSA) is 93.7 Å². The van der Waals surface area contributed by atoms with Gasteiger partial charge in [0.25, 0.3) is 15.9 Å². The predicted molar refractivity (Wildman–Crippen MR) is 108 cm³/mol. The van der Waals surface area contributed by atoms with Gasteiger partial charge in [0.1, 0.15) is 5.75 Å². The van der Waals surface area contributed by atoms with Gasteiger partial charge in [-0.05, 0) is 50.6 Å². The van der Waals surface area contributed by atoms with Crippen LogP contribution in [0.2, 0.25) is 0 Å². The molecule has 2 rings (SSSR count). The van der Waals surface area contributed by atoms with Crippen LogP contribution in [0, 0.1) is 0 Å². The van der Waals surface area contributed by atoms with E-state index in [-0.39, 0.29) is 22.5 Å². The van der Waals surface area contributed by atoms with Crippen LogP contribution in [0.15, 0.2) is 53.4 Å². The number of para-hydroxylation sites is 2. The summed E-state index contributed by atoms with van der Waals surface area (Å²) in [5, 5.41) is 2.77. The highest BCUT2D eigenvalue weighted by Crippen LogP contribution is 2.26. The van der Waals surface area contributed by atoms with Gasteiger partial charge in [0.15, 0.2) is 0 Å². The van der Waals surface area contributed by atoms with Crippen LogP contribution < -0.4 is 14.8 Å². The lowest BCUT2D eigenvalue weighted by Gasteiger charge is -2.12. The Labute approximate surface area is 166 Å². The summed E-state index contributed by atoms with van der Waals surface area (Å²) >= 11 is 0. The molecule has 0 unspecified atom stereocenters. The molecule has 28 heavy (non-hydrogen) atoms. The molecule has 0 aromatic heterocycles. The van der Waals surface area contributed by atoms with Crippen molar-refractivity contribution in [2.75, 3.05) is 25.0 Å². The summed E-state index contributed by atoms with van der Waals surface area (Å²) in [4.78, 5) is 12.3. The lowest BCUT2D eigenvalue weighted by Crippen LogP contribution is -2.26. The monoisotopic (exact) mass is 406 g/mol. The van der Waals surface area contributed by atoms with E-state index in [2.05, 4.69) is 10.0 Å². The number of hydrogen-bond donors (Lipinski definition) is 2. The van der Waals surface area contributed by atoms with Crippen LogP contribution in [0.1, 0.15) is 30.6 Å². The van der Waals surface area contributed by atoms with Crippen LogP contribution in [-0.2, 0) is 14.8 Å². The van der Waals surface area contributed by atoms with Crippen molar-refractivity contribution in [3.63, 3.8) is 0 Å². The largest absolute Gasteiger partial charge is 0.495 e. The highest BCUT2D eigenvalue weighted by molar-refractivity contribution is 7.92. The first-order valence-electron chi connectivity index (χ1n) is 8.99. The minimum absolute atomic E-state index is 0.00537. The molecule has 0 saturated carbocycles. The van der Waals surface area contributed by atoms with E-state index < -0.39 is 10.0 Å². The van der Waals surface area contributed by atoms with Crippen molar-refractivity contribution in [1.29, 1.82) is 0 Å². The minimum Gasteiger partial charge on any atom is -0.495 e. The van der Waals surface area contributed by atoms with E-state index in [9.17, 15) is 13.2 Å². The maximum Gasteiger partial charge on any atom is 0.262 e. The molecule has 0 aliphatic rings. The summed E-state index contributed by atoms with van der Waals surface area (Å²) in [5.41, 5.74) is 0.595. The number of carbonyl (C=O) groups is 1. The number of ether oxygens (including phenoxy) is 2. The highest BCUT2D eigenvalue weighted by Gasteiger charge is 2.18. The Morgan fingerprint density at radius 3 is 2.57 bits per heavy atom. The Bertz CT molecular complexity index is 897. The Kier molecular flexibility index (Phi) is 7.83. The summed E-state index contributed by atoms with van der Waals surface area (Å²) in [7, 11) is -2.41. The maximum absolute atomic E-state index is 12.7. The molecule has 152 valence electrons. The Balaban J connectivity index is 2.05. The fourth-order valence-electron chi connectivity index (χ4n) is 2.43. The molecule has 0 atom stereocenters. The van der Waals surface area contributed by atoms with Crippen molar-refractivity contribution >= 4 is 21.6 Å². The Hall–Kier alpha value is -2.58. The second-order valence-electron chi connectivity index (χ2n) is 6.36. The summed E-state index contributed by atoms with van der Waals surface area (Å²) in [5.74, 6) is 0.0717. The number of anilines is 1. The summed E-state index contributed by atoms with van der Waals surface area (Å²) in [6, 6.07) is 12.6. The van der Waals surface area contributed by atoms with Crippen LogP contribution in [0.3, 0.4) is 0 Å². The Morgan fingerprint density at radius 1 is 1.11 bits per heavy atom. The van der Waals surface area contributed by atoms with Crippen molar-refractivity contribution in [2.45, 2.75) is 31.3 Å². The quantitative estimate of drug-likeness (QED) is 0.592. The van der Waals surface area contributed by atoms with E-state index in [1.807, 2.05) is 13.8 Å². The van der Waals surface area contributed by atoms with Gasteiger partial charge in [-0.1, -0.05) is 18.2 Å². The lowest BCUT2D eigenvalue weighted by atomic mass is 10.2. The maximum atomic E-state index is 12.7. The van der Waals surface area contributed by atoms with Gasteiger partial charge in [-0.2, -0.15) is 0 Å². The molecule has 0 radical (unpaired) electrons. The van der Waals surface area contributed by atoms with E-state index in [0.29, 0.717) is 31.0 Å². The van der Waals surface area contributed by atoms with E-state index >= 15 is 0 Å². The zero-order valence-electron chi connectivity index (χ0n) is 16.3. The molecule has 7 nitrogen and oxygen atoms in total. The molecular formula is C20H26N2O5S. The van der Waals surface area contributed by atoms with Gasteiger partial charge in [0.05, 0.1) is 23.8 Å². The van der Waals surface area contributed by atoms with Crippen LogP contribution >= 0.6 is 0 Å².